The number of hydrogen-bond acceptors (Lipinski definition) is 3. The summed E-state index contributed by atoms with van der Waals surface area (Å²) in [5.41, 5.74) is 3.16. The predicted molar refractivity (Wildman–Crippen MR) is 58.3 cm³/mol. The fourth-order valence-corrected chi connectivity index (χ4v) is 2.10. The van der Waals surface area contributed by atoms with Crippen molar-refractivity contribution >= 4 is 11.3 Å². The van der Waals surface area contributed by atoms with E-state index in [4.69, 9.17) is 0 Å². The minimum absolute atomic E-state index is 1.08. The lowest BCUT2D eigenvalue weighted by Crippen LogP contribution is -2.13. The molecule has 0 aliphatic heterocycles. The third-order valence-electron chi connectivity index (χ3n) is 2.10. The van der Waals surface area contributed by atoms with Crippen LogP contribution in [0.4, 0.5) is 0 Å². The van der Waals surface area contributed by atoms with Crippen LogP contribution in [0.5, 0.6) is 0 Å². The first-order chi connectivity index (χ1) is 6.34. The van der Waals surface area contributed by atoms with E-state index in [0.717, 1.165) is 13.1 Å². The van der Waals surface area contributed by atoms with Gasteiger partial charge in [-0.25, -0.2) is 4.98 Å². The molecule has 0 unspecified atom stereocenters. The average molecular weight is 198 g/mol. The zero-order chi connectivity index (χ0) is 9.52. The van der Waals surface area contributed by atoms with Crippen molar-refractivity contribution in [3.63, 3.8) is 0 Å². The molecule has 13 heavy (non-hydrogen) atoms. The molecule has 74 valence electrons. The lowest BCUT2D eigenvalue weighted by atomic mass is 10.2. The standard InChI is InChI=1S/C10H18N2S/c1-3-11-7-5-4-6-10-9(2)12-8-13-10/h8,11H,3-7H2,1-2H3. The number of rotatable bonds is 6. The van der Waals surface area contributed by atoms with Crippen LogP contribution in [0.3, 0.4) is 0 Å². The summed E-state index contributed by atoms with van der Waals surface area (Å²) in [5, 5.41) is 3.33. The minimum Gasteiger partial charge on any atom is -0.317 e. The summed E-state index contributed by atoms with van der Waals surface area (Å²) >= 11 is 1.78. The van der Waals surface area contributed by atoms with E-state index >= 15 is 0 Å². The van der Waals surface area contributed by atoms with E-state index in [0.29, 0.717) is 0 Å². The Morgan fingerprint density at radius 2 is 2.31 bits per heavy atom. The van der Waals surface area contributed by atoms with E-state index in [1.807, 2.05) is 5.51 Å². The van der Waals surface area contributed by atoms with Crippen LogP contribution >= 0.6 is 11.3 Å². The van der Waals surface area contributed by atoms with Crippen LogP contribution in [0.15, 0.2) is 5.51 Å². The van der Waals surface area contributed by atoms with Crippen LogP contribution < -0.4 is 5.32 Å². The Morgan fingerprint density at radius 1 is 1.46 bits per heavy atom. The van der Waals surface area contributed by atoms with Crippen molar-refractivity contribution in [1.29, 1.82) is 0 Å². The first kappa shape index (κ1) is 10.7. The summed E-state index contributed by atoms with van der Waals surface area (Å²) in [4.78, 5) is 5.69. The van der Waals surface area contributed by atoms with Gasteiger partial charge in [0.05, 0.1) is 11.2 Å². The van der Waals surface area contributed by atoms with Gasteiger partial charge in [-0.1, -0.05) is 6.92 Å². The summed E-state index contributed by atoms with van der Waals surface area (Å²) in [5.74, 6) is 0. The Balaban J connectivity index is 2.10. The smallest absolute Gasteiger partial charge is 0.0797 e. The number of aryl methyl sites for hydroxylation is 2. The molecule has 0 fully saturated rings. The summed E-state index contributed by atoms with van der Waals surface area (Å²) in [6, 6.07) is 0. The third kappa shape index (κ3) is 3.87. The van der Waals surface area contributed by atoms with Crippen molar-refractivity contribution in [2.75, 3.05) is 13.1 Å². The van der Waals surface area contributed by atoms with Crippen molar-refractivity contribution in [3.8, 4) is 0 Å². The van der Waals surface area contributed by atoms with Gasteiger partial charge in [0.15, 0.2) is 0 Å². The van der Waals surface area contributed by atoms with Crippen LogP contribution in [0, 0.1) is 6.92 Å². The molecule has 0 spiro atoms. The highest BCUT2D eigenvalue weighted by Crippen LogP contribution is 2.14. The fourth-order valence-electron chi connectivity index (χ4n) is 1.28. The van der Waals surface area contributed by atoms with Crippen LogP contribution in [0.1, 0.15) is 30.3 Å². The molecule has 1 rings (SSSR count). The maximum Gasteiger partial charge on any atom is 0.0797 e. The minimum atomic E-state index is 1.08. The molecule has 0 aliphatic carbocycles. The Labute approximate surface area is 84.4 Å². The number of hydrogen-bond donors (Lipinski definition) is 1. The van der Waals surface area contributed by atoms with Crippen molar-refractivity contribution in [2.45, 2.75) is 33.1 Å². The number of nitrogens with zero attached hydrogens (tertiary/aromatic N) is 1. The molecule has 0 radical (unpaired) electrons. The molecule has 0 aliphatic rings. The van der Waals surface area contributed by atoms with E-state index in [2.05, 4.69) is 24.1 Å². The Hall–Kier alpha value is -0.410. The molecule has 0 atom stereocenters. The van der Waals surface area contributed by atoms with Gasteiger partial charge in [0.25, 0.3) is 0 Å². The zero-order valence-corrected chi connectivity index (χ0v) is 9.28. The van der Waals surface area contributed by atoms with E-state index < -0.39 is 0 Å². The van der Waals surface area contributed by atoms with Gasteiger partial charge in [-0.15, -0.1) is 11.3 Å². The average Bonchev–Trinajstić information content (AvgIpc) is 2.52. The third-order valence-corrected chi connectivity index (χ3v) is 3.10. The SMILES string of the molecule is CCNCCCCc1scnc1C. The topological polar surface area (TPSA) is 24.9 Å². The van der Waals surface area contributed by atoms with Crippen LogP contribution in [0.2, 0.25) is 0 Å². The summed E-state index contributed by atoms with van der Waals surface area (Å²) in [6.07, 6.45) is 3.74. The maximum atomic E-state index is 4.23. The number of nitrogens with one attached hydrogen (secondary N) is 1. The molecule has 2 nitrogen and oxygen atoms in total. The molecule has 0 amide bonds. The number of unbranched alkanes of at least 4 members (excludes halogenated alkanes) is 1. The fraction of sp³-hybridized carbons (Fsp3) is 0.700. The Kier molecular flexibility index (Phi) is 5.01. The van der Waals surface area contributed by atoms with Crippen LogP contribution in [-0.2, 0) is 6.42 Å². The second-order valence-corrected chi connectivity index (χ2v) is 4.11. The molecule has 1 N–H and O–H groups in total. The van der Waals surface area contributed by atoms with Crippen molar-refractivity contribution < 1.29 is 0 Å². The Bertz CT molecular complexity index is 233. The molecule has 1 aromatic rings. The molecular formula is C10H18N2S. The number of thiazole rings is 1. The second kappa shape index (κ2) is 6.11. The predicted octanol–water partition coefficient (Wildman–Crippen LogP) is 2.38. The molecule has 0 bridgehead atoms. The van der Waals surface area contributed by atoms with Crippen LogP contribution in [0.25, 0.3) is 0 Å². The molecule has 0 aromatic carbocycles. The van der Waals surface area contributed by atoms with Gasteiger partial charge >= 0.3 is 0 Å². The molecule has 1 heterocycles. The molecule has 0 saturated carbocycles. The molecular weight excluding hydrogens is 180 g/mol. The molecule has 3 heteroatoms. The van der Waals surface area contributed by atoms with Crippen molar-refractivity contribution in [1.82, 2.24) is 10.3 Å². The monoisotopic (exact) mass is 198 g/mol. The first-order valence-corrected chi connectivity index (χ1v) is 5.82. The summed E-state index contributed by atoms with van der Waals surface area (Å²) in [6.45, 7) is 6.47. The highest BCUT2D eigenvalue weighted by atomic mass is 32.1. The largest absolute Gasteiger partial charge is 0.317 e. The van der Waals surface area contributed by atoms with Gasteiger partial charge in [0.1, 0.15) is 0 Å². The van der Waals surface area contributed by atoms with Crippen LogP contribution in [-0.4, -0.2) is 18.1 Å². The van der Waals surface area contributed by atoms with Gasteiger partial charge < -0.3 is 5.32 Å². The van der Waals surface area contributed by atoms with Gasteiger partial charge in [-0.05, 0) is 39.3 Å². The molecule has 1 aromatic heterocycles. The van der Waals surface area contributed by atoms with E-state index in [9.17, 15) is 0 Å². The van der Waals surface area contributed by atoms with Gasteiger partial charge in [0, 0.05) is 4.88 Å². The lowest BCUT2D eigenvalue weighted by molar-refractivity contribution is 0.642. The Morgan fingerprint density at radius 3 is 2.92 bits per heavy atom. The van der Waals surface area contributed by atoms with E-state index in [-0.39, 0.29) is 0 Å². The molecule has 0 saturated heterocycles. The lowest BCUT2D eigenvalue weighted by Gasteiger charge is -2.00. The number of aromatic nitrogens is 1. The first-order valence-electron chi connectivity index (χ1n) is 4.94. The second-order valence-electron chi connectivity index (χ2n) is 3.17. The summed E-state index contributed by atoms with van der Waals surface area (Å²) in [7, 11) is 0. The highest BCUT2D eigenvalue weighted by molar-refractivity contribution is 7.09. The quantitative estimate of drug-likeness (QED) is 0.710. The van der Waals surface area contributed by atoms with Crippen molar-refractivity contribution in [2.24, 2.45) is 0 Å². The van der Waals surface area contributed by atoms with Gasteiger partial charge in [-0.3, -0.25) is 0 Å². The summed E-state index contributed by atoms with van der Waals surface area (Å²) < 4.78 is 0. The van der Waals surface area contributed by atoms with E-state index in [1.165, 1.54) is 29.8 Å². The van der Waals surface area contributed by atoms with Crippen molar-refractivity contribution in [3.05, 3.63) is 16.1 Å². The normalized spacial score (nSPS) is 10.6. The van der Waals surface area contributed by atoms with Gasteiger partial charge in [0.2, 0.25) is 0 Å². The van der Waals surface area contributed by atoms with Gasteiger partial charge in [-0.2, -0.15) is 0 Å². The maximum absolute atomic E-state index is 4.23. The zero-order valence-electron chi connectivity index (χ0n) is 8.47. The van der Waals surface area contributed by atoms with E-state index in [1.54, 1.807) is 11.3 Å². The highest BCUT2D eigenvalue weighted by Gasteiger charge is 1.99.